The van der Waals surface area contributed by atoms with Gasteiger partial charge in [-0.2, -0.15) is 10.4 Å². The number of aryl methyl sites for hydroxylation is 1. The zero-order valence-electron chi connectivity index (χ0n) is 12.7. The van der Waals surface area contributed by atoms with Crippen LogP contribution in [0.4, 0.5) is 11.6 Å². The van der Waals surface area contributed by atoms with Crippen LogP contribution in [0.1, 0.15) is 5.56 Å². The summed E-state index contributed by atoms with van der Waals surface area (Å²) in [5.74, 6) is 1.92. The van der Waals surface area contributed by atoms with E-state index in [0.717, 1.165) is 17.0 Å². The van der Waals surface area contributed by atoms with Gasteiger partial charge in [-0.05, 0) is 36.4 Å². The maximum absolute atomic E-state index is 9.06. The topological polar surface area (TPSA) is 88.6 Å². The smallest absolute Gasteiger partial charge is 0.154 e. The predicted molar refractivity (Wildman–Crippen MR) is 85.2 cm³/mol. The van der Waals surface area contributed by atoms with E-state index in [4.69, 9.17) is 10.00 Å². The van der Waals surface area contributed by atoms with Gasteiger partial charge < -0.3 is 10.1 Å². The summed E-state index contributed by atoms with van der Waals surface area (Å²) >= 11 is 0. The molecular weight excluding hydrogens is 292 g/mol. The zero-order chi connectivity index (χ0) is 16.2. The van der Waals surface area contributed by atoms with E-state index >= 15 is 0 Å². The molecule has 0 fully saturated rings. The summed E-state index contributed by atoms with van der Waals surface area (Å²) in [4.78, 5) is 0. The van der Waals surface area contributed by atoms with E-state index < -0.39 is 0 Å². The molecule has 0 saturated heterocycles. The highest BCUT2D eigenvalue weighted by Crippen LogP contribution is 2.22. The normalized spacial score (nSPS) is 10.1. The van der Waals surface area contributed by atoms with Crippen LogP contribution in [0.25, 0.3) is 11.3 Å². The molecule has 0 aliphatic carbocycles. The van der Waals surface area contributed by atoms with Gasteiger partial charge in [-0.3, -0.25) is 4.68 Å². The van der Waals surface area contributed by atoms with Crippen LogP contribution in [0.2, 0.25) is 0 Å². The van der Waals surface area contributed by atoms with Gasteiger partial charge in [0, 0.05) is 12.6 Å². The van der Waals surface area contributed by atoms with Crippen molar-refractivity contribution in [3.63, 3.8) is 0 Å². The van der Waals surface area contributed by atoms with Gasteiger partial charge in [-0.15, -0.1) is 10.2 Å². The molecule has 0 saturated carbocycles. The number of hydrogen-bond acceptors (Lipinski definition) is 6. The van der Waals surface area contributed by atoms with Crippen molar-refractivity contribution >= 4 is 11.6 Å². The van der Waals surface area contributed by atoms with Crippen LogP contribution in [0.3, 0.4) is 0 Å². The number of ether oxygens (including phenoxy) is 1. The lowest BCUT2D eigenvalue weighted by atomic mass is 10.1. The van der Waals surface area contributed by atoms with Crippen molar-refractivity contribution in [3.05, 3.63) is 48.2 Å². The van der Waals surface area contributed by atoms with E-state index in [1.165, 1.54) is 6.20 Å². The quantitative estimate of drug-likeness (QED) is 0.796. The van der Waals surface area contributed by atoms with Crippen LogP contribution < -0.4 is 10.1 Å². The largest absolute Gasteiger partial charge is 0.497 e. The Morgan fingerprint density at radius 1 is 1.13 bits per heavy atom. The predicted octanol–water partition coefficient (Wildman–Crippen LogP) is 2.50. The van der Waals surface area contributed by atoms with Crippen LogP contribution in [-0.4, -0.2) is 27.1 Å². The van der Waals surface area contributed by atoms with Crippen molar-refractivity contribution < 1.29 is 4.74 Å². The minimum Gasteiger partial charge on any atom is -0.497 e. The highest BCUT2D eigenvalue weighted by molar-refractivity contribution is 5.63. The van der Waals surface area contributed by atoms with Gasteiger partial charge in [0.1, 0.15) is 23.2 Å². The van der Waals surface area contributed by atoms with Crippen molar-refractivity contribution in [2.45, 2.75) is 0 Å². The molecule has 114 valence electrons. The van der Waals surface area contributed by atoms with Crippen molar-refractivity contribution in [1.29, 1.82) is 5.26 Å². The maximum Gasteiger partial charge on any atom is 0.154 e. The summed E-state index contributed by atoms with van der Waals surface area (Å²) in [6.07, 6.45) is 1.50. The number of anilines is 2. The number of methoxy groups -OCH3 is 1. The van der Waals surface area contributed by atoms with Crippen LogP contribution in [0.15, 0.2) is 42.6 Å². The molecule has 0 amide bonds. The van der Waals surface area contributed by atoms with Gasteiger partial charge in [0.15, 0.2) is 5.82 Å². The number of nitriles is 1. The Labute approximate surface area is 133 Å². The Balaban J connectivity index is 1.81. The van der Waals surface area contributed by atoms with E-state index in [0.29, 0.717) is 17.2 Å². The third kappa shape index (κ3) is 2.96. The van der Waals surface area contributed by atoms with Gasteiger partial charge in [0.2, 0.25) is 0 Å². The van der Waals surface area contributed by atoms with Crippen molar-refractivity contribution in [2.75, 3.05) is 12.4 Å². The summed E-state index contributed by atoms with van der Waals surface area (Å²) in [7, 11) is 3.38. The zero-order valence-corrected chi connectivity index (χ0v) is 12.7. The maximum atomic E-state index is 9.06. The molecular formula is C16H14N6O. The molecule has 0 aliphatic rings. The number of aromatic nitrogens is 4. The molecule has 0 spiro atoms. The summed E-state index contributed by atoms with van der Waals surface area (Å²) in [6.45, 7) is 0. The highest BCUT2D eigenvalue weighted by Gasteiger charge is 2.09. The molecule has 1 N–H and O–H groups in total. The molecule has 0 unspecified atom stereocenters. The first kappa shape index (κ1) is 14.5. The Morgan fingerprint density at radius 3 is 2.52 bits per heavy atom. The van der Waals surface area contributed by atoms with Crippen molar-refractivity contribution in [3.8, 4) is 23.1 Å². The lowest BCUT2D eigenvalue weighted by Crippen LogP contribution is -2.03. The monoisotopic (exact) mass is 306 g/mol. The van der Waals surface area contributed by atoms with Crippen LogP contribution >= 0.6 is 0 Å². The van der Waals surface area contributed by atoms with E-state index in [1.54, 1.807) is 24.9 Å². The first-order valence-electron chi connectivity index (χ1n) is 6.88. The first-order chi connectivity index (χ1) is 11.2. The van der Waals surface area contributed by atoms with Gasteiger partial charge in [-0.25, -0.2) is 0 Å². The lowest BCUT2D eigenvalue weighted by molar-refractivity contribution is 0.415. The molecule has 0 bridgehead atoms. The number of nitrogens with zero attached hydrogens (tertiary/aromatic N) is 5. The van der Waals surface area contributed by atoms with Gasteiger partial charge in [0.05, 0.1) is 19.0 Å². The summed E-state index contributed by atoms with van der Waals surface area (Å²) in [5.41, 5.74) is 2.15. The lowest BCUT2D eigenvalue weighted by Gasteiger charge is -2.07. The highest BCUT2D eigenvalue weighted by atomic mass is 16.5. The molecule has 0 aliphatic heterocycles. The van der Waals surface area contributed by atoms with Gasteiger partial charge >= 0.3 is 0 Å². The standard InChI is InChI=1S/C16H14N6O/c1-22-16(12(9-17)10-18-22)19-15-8-7-14(20-21-15)11-3-5-13(23-2)6-4-11/h3-8,10H,1-2H3,(H,19,21). The molecule has 23 heavy (non-hydrogen) atoms. The molecule has 7 nitrogen and oxygen atoms in total. The molecule has 3 aromatic rings. The van der Waals surface area contributed by atoms with Crippen LogP contribution in [0, 0.1) is 11.3 Å². The molecule has 7 heteroatoms. The van der Waals surface area contributed by atoms with E-state index in [2.05, 4.69) is 26.7 Å². The molecule has 0 radical (unpaired) electrons. The number of nitrogens with one attached hydrogen (secondary N) is 1. The fourth-order valence-corrected chi connectivity index (χ4v) is 2.10. The third-order valence-corrected chi connectivity index (χ3v) is 3.36. The fourth-order valence-electron chi connectivity index (χ4n) is 2.10. The third-order valence-electron chi connectivity index (χ3n) is 3.36. The summed E-state index contributed by atoms with van der Waals surface area (Å²) in [5, 5.41) is 24.5. The average molecular weight is 306 g/mol. The minimum absolute atomic E-state index is 0.452. The fraction of sp³-hybridized carbons (Fsp3) is 0.125. The van der Waals surface area contributed by atoms with E-state index in [-0.39, 0.29) is 0 Å². The van der Waals surface area contributed by atoms with Crippen LogP contribution in [-0.2, 0) is 7.05 Å². The molecule has 3 rings (SSSR count). The van der Waals surface area contributed by atoms with E-state index in [9.17, 15) is 0 Å². The molecule has 1 aromatic carbocycles. The minimum atomic E-state index is 0.452. The second-order valence-corrected chi connectivity index (χ2v) is 4.80. The summed E-state index contributed by atoms with van der Waals surface area (Å²) < 4.78 is 6.72. The Kier molecular flexibility index (Phi) is 3.89. The molecule has 2 aromatic heterocycles. The Morgan fingerprint density at radius 2 is 1.91 bits per heavy atom. The van der Waals surface area contributed by atoms with E-state index in [1.807, 2.05) is 30.3 Å². The Hall–Kier alpha value is -3.40. The van der Waals surface area contributed by atoms with Crippen LogP contribution in [0.5, 0.6) is 5.75 Å². The molecule has 0 atom stereocenters. The van der Waals surface area contributed by atoms with Gasteiger partial charge in [0.25, 0.3) is 0 Å². The SMILES string of the molecule is COc1ccc(-c2ccc(Nc3c(C#N)cnn3C)nn2)cc1. The summed E-state index contributed by atoms with van der Waals surface area (Å²) in [6, 6.07) is 13.3. The Bertz CT molecular complexity index is 846. The van der Waals surface area contributed by atoms with Gasteiger partial charge in [-0.1, -0.05) is 0 Å². The number of hydrogen-bond donors (Lipinski definition) is 1. The van der Waals surface area contributed by atoms with Crippen molar-refractivity contribution in [1.82, 2.24) is 20.0 Å². The molecule has 2 heterocycles. The number of benzene rings is 1. The average Bonchev–Trinajstić information content (AvgIpc) is 2.96. The number of rotatable bonds is 4. The second kappa shape index (κ2) is 6.15. The first-order valence-corrected chi connectivity index (χ1v) is 6.88. The second-order valence-electron chi connectivity index (χ2n) is 4.80. The van der Waals surface area contributed by atoms with Crippen molar-refractivity contribution in [2.24, 2.45) is 7.05 Å².